The molecule has 0 aliphatic carbocycles. The fraction of sp³-hybridized carbons (Fsp3) is 0.222. The van der Waals surface area contributed by atoms with Crippen molar-refractivity contribution in [1.29, 1.82) is 0 Å². The van der Waals surface area contributed by atoms with Crippen LogP contribution in [0.5, 0.6) is 0 Å². The highest BCUT2D eigenvalue weighted by Gasteiger charge is 2.02. The van der Waals surface area contributed by atoms with Crippen LogP contribution < -0.4 is 0 Å². The highest BCUT2D eigenvalue weighted by molar-refractivity contribution is 5.98. The Bertz CT molecular complexity index is 721. The number of hydrogen-bond acceptors (Lipinski definition) is 0. The Morgan fingerprint density at radius 3 is 1.94 bits per heavy atom. The summed E-state index contributed by atoms with van der Waals surface area (Å²) in [7, 11) is 0. The molecular weight excluding hydrogens is 216 g/mol. The van der Waals surface area contributed by atoms with Gasteiger partial charge >= 0.3 is 0 Å². The second-order valence-electron chi connectivity index (χ2n) is 5.46. The van der Waals surface area contributed by atoms with E-state index in [0.29, 0.717) is 5.92 Å². The third kappa shape index (κ3) is 1.88. The van der Waals surface area contributed by atoms with E-state index in [2.05, 4.69) is 69.3 Å². The molecule has 0 nitrogen and oxygen atoms in total. The third-order valence-corrected chi connectivity index (χ3v) is 3.64. The van der Waals surface area contributed by atoms with Crippen LogP contribution in [0.25, 0.3) is 21.5 Å². The van der Waals surface area contributed by atoms with Gasteiger partial charge in [0.1, 0.15) is 0 Å². The average molecular weight is 234 g/mol. The summed E-state index contributed by atoms with van der Waals surface area (Å²) in [5.41, 5.74) is 2.73. The van der Waals surface area contributed by atoms with Gasteiger partial charge in [0, 0.05) is 0 Å². The van der Waals surface area contributed by atoms with Crippen molar-refractivity contribution in [3.8, 4) is 0 Å². The molecule has 0 fully saturated rings. The first-order valence-corrected chi connectivity index (χ1v) is 6.57. The first-order valence-electron chi connectivity index (χ1n) is 6.57. The number of fused-ring (bicyclic) bond motifs is 2. The second kappa shape index (κ2) is 4.13. The van der Waals surface area contributed by atoms with Gasteiger partial charge in [-0.2, -0.15) is 0 Å². The zero-order valence-corrected chi connectivity index (χ0v) is 11.2. The van der Waals surface area contributed by atoms with Gasteiger partial charge in [-0.1, -0.05) is 55.8 Å². The van der Waals surface area contributed by atoms with E-state index in [9.17, 15) is 0 Å². The molecule has 90 valence electrons. The molecule has 0 unspecified atom stereocenters. The van der Waals surface area contributed by atoms with Crippen LogP contribution in [0, 0.1) is 6.92 Å². The maximum atomic E-state index is 2.32. The van der Waals surface area contributed by atoms with Crippen LogP contribution in [0.2, 0.25) is 0 Å². The molecule has 0 saturated carbocycles. The van der Waals surface area contributed by atoms with Gasteiger partial charge in [0.2, 0.25) is 0 Å². The summed E-state index contributed by atoms with van der Waals surface area (Å²) in [6.45, 7) is 6.63. The molecule has 0 aliphatic rings. The molecule has 0 aromatic heterocycles. The van der Waals surface area contributed by atoms with E-state index >= 15 is 0 Å². The summed E-state index contributed by atoms with van der Waals surface area (Å²) >= 11 is 0. The summed E-state index contributed by atoms with van der Waals surface area (Å²) in [4.78, 5) is 0. The average Bonchev–Trinajstić information content (AvgIpc) is 2.35. The number of aryl methyl sites for hydroxylation is 1. The third-order valence-electron chi connectivity index (χ3n) is 3.64. The first kappa shape index (κ1) is 11.3. The quantitative estimate of drug-likeness (QED) is 0.493. The van der Waals surface area contributed by atoms with Crippen molar-refractivity contribution in [3.05, 3.63) is 59.7 Å². The Morgan fingerprint density at radius 2 is 1.28 bits per heavy atom. The molecule has 0 heterocycles. The van der Waals surface area contributed by atoms with Crippen LogP contribution in [0.1, 0.15) is 30.9 Å². The minimum Gasteiger partial charge on any atom is -0.0587 e. The van der Waals surface area contributed by atoms with Gasteiger partial charge in [-0.05, 0) is 52.1 Å². The summed E-state index contributed by atoms with van der Waals surface area (Å²) in [6, 6.07) is 18.1. The molecule has 3 aromatic rings. The Morgan fingerprint density at radius 1 is 0.667 bits per heavy atom. The van der Waals surface area contributed by atoms with Gasteiger partial charge in [-0.3, -0.25) is 0 Å². The Kier molecular flexibility index (Phi) is 2.59. The van der Waals surface area contributed by atoms with Crippen molar-refractivity contribution in [3.63, 3.8) is 0 Å². The Balaban J connectivity index is 2.31. The lowest BCUT2D eigenvalue weighted by Crippen LogP contribution is -1.87. The molecule has 0 amide bonds. The van der Waals surface area contributed by atoms with E-state index in [1.807, 2.05) is 0 Å². The highest BCUT2D eigenvalue weighted by Crippen LogP contribution is 2.26. The lowest BCUT2D eigenvalue weighted by Gasteiger charge is -2.08. The van der Waals surface area contributed by atoms with Crippen LogP contribution in [0.15, 0.2) is 48.5 Å². The van der Waals surface area contributed by atoms with Crippen molar-refractivity contribution in [2.24, 2.45) is 0 Å². The van der Waals surface area contributed by atoms with E-state index in [1.54, 1.807) is 0 Å². The second-order valence-corrected chi connectivity index (χ2v) is 5.46. The molecule has 3 rings (SSSR count). The number of rotatable bonds is 1. The minimum absolute atomic E-state index is 0.586. The van der Waals surface area contributed by atoms with Gasteiger partial charge in [-0.25, -0.2) is 0 Å². The van der Waals surface area contributed by atoms with Crippen molar-refractivity contribution >= 4 is 21.5 Å². The molecule has 0 heteroatoms. The minimum atomic E-state index is 0.586. The monoisotopic (exact) mass is 234 g/mol. The highest BCUT2D eigenvalue weighted by atomic mass is 14.1. The van der Waals surface area contributed by atoms with Crippen LogP contribution in [0.4, 0.5) is 0 Å². The van der Waals surface area contributed by atoms with E-state index in [4.69, 9.17) is 0 Å². The standard InChI is InChI=1S/C18H18/c1-12(2)14-6-7-16-10-17-8-13(3)4-5-15(17)11-18(16)9-14/h4-12H,1-3H3. The van der Waals surface area contributed by atoms with Crippen molar-refractivity contribution in [1.82, 2.24) is 0 Å². The normalized spacial score (nSPS) is 11.6. The Labute approximate surface area is 108 Å². The van der Waals surface area contributed by atoms with Gasteiger partial charge in [0.25, 0.3) is 0 Å². The number of hydrogen-bond donors (Lipinski definition) is 0. The predicted molar refractivity (Wildman–Crippen MR) is 80.3 cm³/mol. The van der Waals surface area contributed by atoms with Crippen molar-refractivity contribution in [2.45, 2.75) is 26.7 Å². The molecule has 0 N–H and O–H groups in total. The van der Waals surface area contributed by atoms with Crippen molar-refractivity contribution < 1.29 is 0 Å². The fourth-order valence-corrected chi connectivity index (χ4v) is 2.49. The van der Waals surface area contributed by atoms with Crippen LogP contribution >= 0.6 is 0 Å². The molecule has 0 bridgehead atoms. The number of benzene rings is 3. The summed E-state index contributed by atoms with van der Waals surface area (Å²) < 4.78 is 0. The molecule has 3 aromatic carbocycles. The van der Waals surface area contributed by atoms with Crippen LogP contribution in [-0.4, -0.2) is 0 Å². The van der Waals surface area contributed by atoms with Crippen molar-refractivity contribution in [2.75, 3.05) is 0 Å². The SMILES string of the molecule is Cc1ccc2cc3cc(C(C)C)ccc3cc2c1. The smallest absolute Gasteiger partial charge is 0.0175 e. The summed E-state index contributed by atoms with van der Waals surface area (Å²) in [5, 5.41) is 5.34. The van der Waals surface area contributed by atoms with E-state index in [-0.39, 0.29) is 0 Å². The molecule has 0 aliphatic heterocycles. The lowest BCUT2D eigenvalue weighted by atomic mass is 9.97. The Hall–Kier alpha value is -1.82. The van der Waals surface area contributed by atoms with E-state index in [0.717, 1.165) is 0 Å². The fourth-order valence-electron chi connectivity index (χ4n) is 2.49. The van der Waals surface area contributed by atoms with Crippen LogP contribution in [-0.2, 0) is 0 Å². The van der Waals surface area contributed by atoms with Gasteiger partial charge in [0.15, 0.2) is 0 Å². The first-order chi connectivity index (χ1) is 8.63. The predicted octanol–water partition coefficient (Wildman–Crippen LogP) is 5.42. The van der Waals surface area contributed by atoms with E-state index in [1.165, 1.54) is 32.7 Å². The van der Waals surface area contributed by atoms with Gasteiger partial charge in [-0.15, -0.1) is 0 Å². The molecule has 0 atom stereocenters. The zero-order chi connectivity index (χ0) is 12.7. The van der Waals surface area contributed by atoms with Gasteiger partial charge < -0.3 is 0 Å². The summed E-state index contributed by atoms with van der Waals surface area (Å²) in [5.74, 6) is 0.586. The molecular formula is C18H18. The molecule has 0 radical (unpaired) electrons. The molecule has 0 saturated heterocycles. The maximum absolute atomic E-state index is 2.32. The largest absolute Gasteiger partial charge is 0.0587 e. The van der Waals surface area contributed by atoms with E-state index < -0.39 is 0 Å². The zero-order valence-electron chi connectivity index (χ0n) is 11.2. The molecule has 0 spiro atoms. The maximum Gasteiger partial charge on any atom is -0.0175 e. The topological polar surface area (TPSA) is 0 Å². The summed E-state index contributed by atoms with van der Waals surface area (Å²) in [6.07, 6.45) is 0. The van der Waals surface area contributed by atoms with Gasteiger partial charge in [0.05, 0.1) is 0 Å². The lowest BCUT2D eigenvalue weighted by molar-refractivity contribution is 0.869. The molecule has 18 heavy (non-hydrogen) atoms. The van der Waals surface area contributed by atoms with Crippen LogP contribution in [0.3, 0.4) is 0 Å².